The molecule has 0 aromatic heterocycles. The first-order chi connectivity index (χ1) is 9.99. The molecular formula is C16H22N2O3. The van der Waals surface area contributed by atoms with Crippen LogP contribution < -0.4 is 10.2 Å². The zero-order chi connectivity index (χ0) is 15.4. The fourth-order valence-corrected chi connectivity index (χ4v) is 2.43. The highest BCUT2D eigenvalue weighted by Crippen LogP contribution is 2.22. The predicted molar refractivity (Wildman–Crippen MR) is 82.5 cm³/mol. The molecule has 1 heterocycles. The average Bonchev–Trinajstić information content (AvgIpc) is 3.00. The van der Waals surface area contributed by atoms with Crippen molar-refractivity contribution in [3.8, 4) is 0 Å². The number of hydrogen-bond donors (Lipinski definition) is 2. The van der Waals surface area contributed by atoms with Crippen LogP contribution in [0.1, 0.15) is 26.7 Å². The molecule has 21 heavy (non-hydrogen) atoms. The van der Waals surface area contributed by atoms with Gasteiger partial charge in [0.15, 0.2) is 0 Å². The van der Waals surface area contributed by atoms with Gasteiger partial charge in [0.25, 0.3) is 0 Å². The molecule has 5 heteroatoms. The molecule has 114 valence electrons. The van der Waals surface area contributed by atoms with Crippen molar-refractivity contribution >= 4 is 23.3 Å². The van der Waals surface area contributed by atoms with Crippen molar-refractivity contribution in [3.05, 3.63) is 24.3 Å². The van der Waals surface area contributed by atoms with E-state index in [1.807, 2.05) is 24.3 Å². The third kappa shape index (κ3) is 3.74. The fourth-order valence-electron chi connectivity index (χ4n) is 2.43. The summed E-state index contributed by atoms with van der Waals surface area (Å²) in [6, 6.07) is 7.71. The smallest absolute Gasteiger partial charge is 0.307 e. The number of carboxylic acids is 1. The Labute approximate surface area is 125 Å². The number of hydrogen-bond acceptors (Lipinski definition) is 3. The molecule has 2 rings (SSSR count). The van der Waals surface area contributed by atoms with E-state index in [1.165, 1.54) is 12.8 Å². The van der Waals surface area contributed by atoms with Crippen LogP contribution in [0.5, 0.6) is 0 Å². The molecule has 1 fully saturated rings. The van der Waals surface area contributed by atoms with E-state index >= 15 is 0 Å². The number of carbonyl (C=O) groups excluding carboxylic acids is 1. The van der Waals surface area contributed by atoms with Crippen LogP contribution >= 0.6 is 0 Å². The number of aliphatic carboxylic acids is 1. The highest BCUT2D eigenvalue weighted by molar-refractivity contribution is 5.94. The predicted octanol–water partition coefficient (Wildman–Crippen LogP) is 2.58. The quantitative estimate of drug-likeness (QED) is 0.874. The minimum atomic E-state index is -0.956. The maximum atomic E-state index is 12.0. The van der Waals surface area contributed by atoms with Crippen LogP contribution in [0, 0.1) is 11.8 Å². The topological polar surface area (TPSA) is 69.6 Å². The van der Waals surface area contributed by atoms with Gasteiger partial charge in [-0.05, 0) is 37.1 Å². The van der Waals surface area contributed by atoms with Crippen LogP contribution in [-0.2, 0) is 9.59 Å². The number of carboxylic acid groups (broad SMARTS) is 1. The van der Waals surface area contributed by atoms with E-state index in [0.29, 0.717) is 5.69 Å². The Kier molecular flexibility index (Phi) is 4.83. The molecule has 2 N–H and O–H groups in total. The Bertz CT molecular complexity index is 507. The lowest BCUT2D eigenvalue weighted by Gasteiger charge is -2.19. The van der Waals surface area contributed by atoms with Gasteiger partial charge < -0.3 is 15.3 Å². The van der Waals surface area contributed by atoms with Gasteiger partial charge in [-0.1, -0.05) is 13.8 Å². The summed E-state index contributed by atoms with van der Waals surface area (Å²) < 4.78 is 0. The zero-order valence-corrected chi connectivity index (χ0v) is 12.5. The third-order valence-corrected chi connectivity index (χ3v) is 4.16. The molecule has 0 saturated carbocycles. The average molecular weight is 290 g/mol. The Hall–Kier alpha value is -2.04. The first-order valence-corrected chi connectivity index (χ1v) is 7.37. The summed E-state index contributed by atoms with van der Waals surface area (Å²) in [5.74, 6) is -2.49. The molecule has 1 amide bonds. The Morgan fingerprint density at radius 2 is 1.67 bits per heavy atom. The van der Waals surface area contributed by atoms with E-state index in [1.54, 1.807) is 13.8 Å². The van der Waals surface area contributed by atoms with Gasteiger partial charge in [-0.15, -0.1) is 0 Å². The fraction of sp³-hybridized carbons (Fsp3) is 0.500. The van der Waals surface area contributed by atoms with Crippen molar-refractivity contribution in [1.82, 2.24) is 0 Å². The van der Waals surface area contributed by atoms with E-state index in [9.17, 15) is 9.59 Å². The molecule has 0 bridgehead atoms. The zero-order valence-electron chi connectivity index (χ0n) is 12.5. The number of rotatable bonds is 5. The Morgan fingerprint density at radius 3 is 2.19 bits per heavy atom. The van der Waals surface area contributed by atoms with E-state index in [0.717, 1.165) is 18.8 Å². The van der Waals surface area contributed by atoms with E-state index in [2.05, 4.69) is 10.2 Å². The number of benzene rings is 1. The Morgan fingerprint density at radius 1 is 1.10 bits per heavy atom. The number of amides is 1. The maximum absolute atomic E-state index is 12.0. The molecule has 0 radical (unpaired) electrons. The second kappa shape index (κ2) is 6.61. The van der Waals surface area contributed by atoms with Gasteiger partial charge in [0.2, 0.25) is 5.91 Å². The molecule has 2 unspecified atom stereocenters. The summed E-state index contributed by atoms with van der Waals surface area (Å²) in [4.78, 5) is 25.2. The summed E-state index contributed by atoms with van der Waals surface area (Å²) in [6.07, 6.45) is 2.45. The van der Waals surface area contributed by atoms with Crippen molar-refractivity contribution < 1.29 is 14.7 Å². The van der Waals surface area contributed by atoms with Crippen LogP contribution in [0.3, 0.4) is 0 Å². The van der Waals surface area contributed by atoms with Crippen molar-refractivity contribution in [1.29, 1.82) is 0 Å². The highest BCUT2D eigenvalue weighted by atomic mass is 16.4. The lowest BCUT2D eigenvalue weighted by molar-refractivity contribution is -0.145. The van der Waals surface area contributed by atoms with Crippen molar-refractivity contribution in [2.75, 3.05) is 23.3 Å². The second-order valence-corrected chi connectivity index (χ2v) is 5.65. The summed E-state index contributed by atoms with van der Waals surface area (Å²) in [5.41, 5.74) is 1.87. The molecule has 1 aromatic rings. The molecule has 0 spiro atoms. The molecular weight excluding hydrogens is 268 g/mol. The summed E-state index contributed by atoms with van der Waals surface area (Å²) in [7, 11) is 0. The molecule has 1 aliphatic rings. The number of nitrogens with one attached hydrogen (secondary N) is 1. The molecule has 1 aliphatic heterocycles. The SMILES string of the molecule is CC(C(=O)O)C(C)C(=O)Nc1ccc(N2CCCC2)cc1. The van der Waals surface area contributed by atoms with Gasteiger partial charge in [-0.2, -0.15) is 0 Å². The summed E-state index contributed by atoms with van der Waals surface area (Å²) >= 11 is 0. The minimum absolute atomic E-state index is 0.265. The first kappa shape index (κ1) is 15.4. The van der Waals surface area contributed by atoms with E-state index < -0.39 is 17.8 Å². The van der Waals surface area contributed by atoms with Gasteiger partial charge >= 0.3 is 5.97 Å². The van der Waals surface area contributed by atoms with E-state index in [-0.39, 0.29) is 5.91 Å². The standard InChI is InChI=1S/C16H22N2O3/c1-11(12(2)16(20)21)15(19)17-13-5-7-14(8-6-13)18-9-3-4-10-18/h5-8,11-12H,3-4,9-10H2,1-2H3,(H,17,19)(H,20,21). The first-order valence-electron chi connectivity index (χ1n) is 7.37. The summed E-state index contributed by atoms with van der Waals surface area (Å²) in [6.45, 7) is 5.34. The van der Waals surface area contributed by atoms with Crippen LogP contribution in [0.2, 0.25) is 0 Å². The monoisotopic (exact) mass is 290 g/mol. The van der Waals surface area contributed by atoms with Crippen LogP contribution in [0.15, 0.2) is 24.3 Å². The lowest BCUT2D eigenvalue weighted by Crippen LogP contribution is -2.29. The van der Waals surface area contributed by atoms with Crippen LogP contribution in [0.4, 0.5) is 11.4 Å². The Balaban J connectivity index is 1.96. The number of nitrogens with zero attached hydrogens (tertiary/aromatic N) is 1. The molecule has 0 aliphatic carbocycles. The normalized spacial score (nSPS) is 17.3. The largest absolute Gasteiger partial charge is 0.481 e. The third-order valence-electron chi connectivity index (χ3n) is 4.16. The number of carbonyl (C=O) groups is 2. The van der Waals surface area contributed by atoms with Gasteiger partial charge in [-0.25, -0.2) is 0 Å². The molecule has 5 nitrogen and oxygen atoms in total. The maximum Gasteiger partial charge on any atom is 0.307 e. The van der Waals surface area contributed by atoms with Gasteiger partial charge in [0.1, 0.15) is 0 Å². The molecule has 1 saturated heterocycles. The van der Waals surface area contributed by atoms with Gasteiger partial charge in [-0.3, -0.25) is 9.59 Å². The van der Waals surface area contributed by atoms with Crippen molar-refractivity contribution in [2.24, 2.45) is 11.8 Å². The van der Waals surface area contributed by atoms with Crippen molar-refractivity contribution in [3.63, 3.8) is 0 Å². The van der Waals surface area contributed by atoms with Crippen LogP contribution in [-0.4, -0.2) is 30.1 Å². The van der Waals surface area contributed by atoms with Gasteiger partial charge in [0.05, 0.1) is 5.92 Å². The van der Waals surface area contributed by atoms with Crippen LogP contribution in [0.25, 0.3) is 0 Å². The minimum Gasteiger partial charge on any atom is -0.481 e. The molecule has 2 atom stereocenters. The lowest BCUT2D eigenvalue weighted by atomic mass is 9.95. The molecule has 1 aromatic carbocycles. The number of anilines is 2. The van der Waals surface area contributed by atoms with E-state index in [4.69, 9.17) is 5.11 Å². The van der Waals surface area contributed by atoms with Gasteiger partial charge in [0, 0.05) is 30.4 Å². The summed E-state index contributed by atoms with van der Waals surface area (Å²) in [5, 5.41) is 11.7. The highest BCUT2D eigenvalue weighted by Gasteiger charge is 2.25. The van der Waals surface area contributed by atoms with Crippen molar-refractivity contribution in [2.45, 2.75) is 26.7 Å². The second-order valence-electron chi connectivity index (χ2n) is 5.65.